The smallest absolute Gasteiger partial charge is 0.275 e. The first-order chi connectivity index (χ1) is 7.64. The molecule has 0 aliphatic heterocycles. The van der Waals surface area contributed by atoms with Crippen LogP contribution in [0.2, 0.25) is 0 Å². The number of hydrogen-bond donors (Lipinski definition) is 7. The second-order valence-corrected chi connectivity index (χ2v) is 3.92. The fraction of sp³-hybridized carbons (Fsp3) is 0.889. The molecule has 0 amide bonds. The molecule has 0 unspecified atom stereocenters. The highest BCUT2D eigenvalue weighted by Gasteiger charge is 2.19. The molecular weight excluding hydrogens is 234 g/mol. The van der Waals surface area contributed by atoms with Crippen molar-refractivity contribution in [3.8, 4) is 0 Å². The molecule has 0 aromatic carbocycles. The van der Waals surface area contributed by atoms with Crippen molar-refractivity contribution in [2.75, 3.05) is 0 Å². The van der Waals surface area contributed by atoms with Crippen LogP contribution in [0.1, 0.15) is 38.5 Å². The maximum absolute atomic E-state index is 8.60. The van der Waals surface area contributed by atoms with E-state index in [1.54, 1.807) is 0 Å². The van der Waals surface area contributed by atoms with Crippen LogP contribution in [-0.2, 0) is 0 Å². The summed E-state index contributed by atoms with van der Waals surface area (Å²) in [5.41, 5.74) is 0.304. The van der Waals surface area contributed by atoms with Crippen LogP contribution < -0.4 is 0 Å². The molecule has 0 rings (SSSR count). The summed E-state index contributed by atoms with van der Waals surface area (Å²) < 4.78 is 0. The Bertz CT molecular complexity index is 219. The molecule has 8 nitrogen and oxygen atoms in total. The average molecular weight is 253 g/mol. The molecule has 0 saturated heterocycles. The van der Waals surface area contributed by atoms with Crippen molar-refractivity contribution in [2.45, 2.75) is 50.5 Å². The first-order valence-electron chi connectivity index (χ1n) is 5.18. The topological polar surface area (TPSA) is 154 Å². The lowest BCUT2D eigenvalue weighted by Gasteiger charge is -2.15. The van der Waals surface area contributed by atoms with Gasteiger partial charge >= 0.3 is 0 Å². The quantitative estimate of drug-likeness (QED) is 0.119. The summed E-state index contributed by atoms with van der Waals surface area (Å²) in [4.78, 5) is 0. The van der Waals surface area contributed by atoms with Crippen LogP contribution in [-0.4, -0.2) is 53.5 Å². The zero-order valence-corrected chi connectivity index (χ0v) is 9.32. The van der Waals surface area contributed by atoms with Gasteiger partial charge in [0.15, 0.2) is 0 Å². The minimum Gasteiger partial charge on any atom is -0.411 e. The van der Waals surface area contributed by atoms with E-state index < -0.39 is 11.9 Å². The summed E-state index contributed by atoms with van der Waals surface area (Å²) >= 11 is 0. The third-order valence-electron chi connectivity index (χ3n) is 2.10. The second kappa shape index (κ2) is 6.84. The average Bonchev–Trinajstić information content (AvgIpc) is 2.11. The maximum Gasteiger partial charge on any atom is 0.275 e. The summed E-state index contributed by atoms with van der Waals surface area (Å²) in [5.74, 6) is -5.48. The Morgan fingerprint density at radius 1 is 0.765 bits per heavy atom. The lowest BCUT2D eigenvalue weighted by Crippen LogP contribution is -2.27. The van der Waals surface area contributed by atoms with Gasteiger partial charge in [0, 0.05) is 12.8 Å². The van der Waals surface area contributed by atoms with E-state index in [1.807, 2.05) is 0 Å². The standard InChI is InChI=1S/C9H19NO7/c11-8(12,13)5-1-3-7(10-17)4-2-6-9(14,15)16/h11-17H,1-6H2. The van der Waals surface area contributed by atoms with E-state index in [1.165, 1.54) is 0 Å². The summed E-state index contributed by atoms with van der Waals surface area (Å²) in [7, 11) is 0. The molecule has 0 aliphatic carbocycles. The molecule has 0 saturated carbocycles. The van der Waals surface area contributed by atoms with Crippen molar-refractivity contribution < 1.29 is 35.8 Å². The summed E-state index contributed by atoms with van der Waals surface area (Å²) in [6.07, 6.45) is 0.215. The molecule has 8 heteroatoms. The Morgan fingerprint density at radius 2 is 1.12 bits per heavy atom. The normalized spacial score (nSPS) is 12.6. The van der Waals surface area contributed by atoms with Crippen LogP contribution in [0.5, 0.6) is 0 Å². The van der Waals surface area contributed by atoms with Gasteiger partial charge in [-0.25, -0.2) is 0 Å². The van der Waals surface area contributed by atoms with Crippen LogP contribution in [0.15, 0.2) is 5.16 Å². The van der Waals surface area contributed by atoms with Crippen LogP contribution in [0.4, 0.5) is 0 Å². The first kappa shape index (κ1) is 16.2. The molecule has 17 heavy (non-hydrogen) atoms. The molecule has 0 atom stereocenters. The van der Waals surface area contributed by atoms with E-state index in [-0.39, 0.29) is 38.5 Å². The maximum atomic E-state index is 8.60. The molecule has 0 bridgehead atoms. The molecule has 0 aromatic heterocycles. The number of oxime groups is 1. The van der Waals surface area contributed by atoms with E-state index in [0.29, 0.717) is 5.71 Å². The van der Waals surface area contributed by atoms with E-state index >= 15 is 0 Å². The minimum atomic E-state index is -2.74. The van der Waals surface area contributed by atoms with Gasteiger partial charge in [-0.15, -0.1) is 0 Å². The van der Waals surface area contributed by atoms with Gasteiger partial charge < -0.3 is 35.8 Å². The largest absolute Gasteiger partial charge is 0.411 e. The first-order valence-corrected chi connectivity index (χ1v) is 5.18. The Balaban J connectivity index is 3.80. The summed E-state index contributed by atoms with van der Waals surface area (Å²) in [6.45, 7) is 0. The van der Waals surface area contributed by atoms with Crippen molar-refractivity contribution in [3.05, 3.63) is 0 Å². The number of aliphatic hydroxyl groups is 6. The lowest BCUT2D eigenvalue weighted by atomic mass is 10.1. The van der Waals surface area contributed by atoms with Gasteiger partial charge in [0.1, 0.15) is 0 Å². The molecule has 0 aliphatic rings. The van der Waals surface area contributed by atoms with Gasteiger partial charge in [0.25, 0.3) is 11.9 Å². The van der Waals surface area contributed by atoms with Crippen molar-refractivity contribution in [1.82, 2.24) is 0 Å². The zero-order chi connectivity index (χ0) is 13.5. The molecule has 7 N–H and O–H groups in total. The van der Waals surface area contributed by atoms with E-state index in [4.69, 9.17) is 35.8 Å². The molecule has 102 valence electrons. The van der Waals surface area contributed by atoms with Gasteiger partial charge in [0.05, 0.1) is 5.71 Å². The predicted molar refractivity (Wildman–Crippen MR) is 55.7 cm³/mol. The van der Waals surface area contributed by atoms with Crippen molar-refractivity contribution in [2.24, 2.45) is 5.16 Å². The van der Waals surface area contributed by atoms with E-state index in [0.717, 1.165) is 0 Å². The lowest BCUT2D eigenvalue weighted by molar-refractivity contribution is -0.315. The Morgan fingerprint density at radius 3 is 1.35 bits per heavy atom. The Hall–Kier alpha value is -0.770. The Labute approximate surface area is 98.1 Å². The van der Waals surface area contributed by atoms with E-state index in [9.17, 15) is 0 Å². The summed E-state index contributed by atoms with van der Waals surface area (Å²) in [5, 5.41) is 63.1. The highest BCUT2D eigenvalue weighted by molar-refractivity contribution is 5.83. The predicted octanol–water partition coefficient (Wildman–Crippen LogP) is -1.58. The third-order valence-corrected chi connectivity index (χ3v) is 2.10. The molecule has 0 radical (unpaired) electrons. The zero-order valence-electron chi connectivity index (χ0n) is 9.32. The van der Waals surface area contributed by atoms with Crippen LogP contribution in [0.25, 0.3) is 0 Å². The van der Waals surface area contributed by atoms with Crippen molar-refractivity contribution >= 4 is 5.71 Å². The van der Waals surface area contributed by atoms with Crippen molar-refractivity contribution in [3.63, 3.8) is 0 Å². The highest BCUT2D eigenvalue weighted by atomic mass is 16.7. The van der Waals surface area contributed by atoms with Gasteiger partial charge in [-0.1, -0.05) is 5.16 Å². The van der Waals surface area contributed by atoms with Gasteiger partial charge in [-0.3, -0.25) is 0 Å². The number of nitrogens with zero attached hydrogens (tertiary/aromatic N) is 1. The highest BCUT2D eigenvalue weighted by Crippen LogP contribution is 2.12. The SMILES string of the molecule is ON=C(CCCC(O)(O)O)CCCC(O)(O)O. The van der Waals surface area contributed by atoms with Crippen LogP contribution in [0, 0.1) is 0 Å². The van der Waals surface area contributed by atoms with Gasteiger partial charge in [-0.2, -0.15) is 0 Å². The van der Waals surface area contributed by atoms with E-state index in [2.05, 4.69) is 5.16 Å². The third kappa shape index (κ3) is 11.5. The van der Waals surface area contributed by atoms with Crippen molar-refractivity contribution in [1.29, 1.82) is 0 Å². The second-order valence-electron chi connectivity index (χ2n) is 3.92. The molecule has 0 aromatic rings. The minimum absolute atomic E-state index is 0.186. The van der Waals surface area contributed by atoms with Gasteiger partial charge in [-0.05, 0) is 25.7 Å². The van der Waals surface area contributed by atoms with Crippen LogP contribution >= 0.6 is 0 Å². The molecule has 0 spiro atoms. The number of rotatable bonds is 8. The molecule has 0 fully saturated rings. The van der Waals surface area contributed by atoms with Crippen LogP contribution in [0.3, 0.4) is 0 Å². The Kier molecular flexibility index (Phi) is 6.53. The molecular formula is C9H19NO7. The van der Waals surface area contributed by atoms with Gasteiger partial charge in [0.2, 0.25) is 0 Å². The summed E-state index contributed by atoms with van der Waals surface area (Å²) in [6, 6.07) is 0. The monoisotopic (exact) mass is 253 g/mol. The molecule has 0 heterocycles. The number of hydrogen-bond acceptors (Lipinski definition) is 8. The fourth-order valence-corrected chi connectivity index (χ4v) is 1.28. The fourth-order valence-electron chi connectivity index (χ4n) is 1.28.